The predicted molar refractivity (Wildman–Crippen MR) is 40.4 cm³/mol. The van der Waals surface area contributed by atoms with Crippen molar-refractivity contribution in [3.05, 3.63) is 11.9 Å². The smallest absolute Gasteiger partial charge is 0.143 e. The van der Waals surface area contributed by atoms with Crippen LogP contribution in [0, 0.1) is 5.92 Å². The van der Waals surface area contributed by atoms with Crippen molar-refractivity contribution < 1.29 is 0 Å². The maximum atomic E-state index is 5.42. The minimum absolute atomic E-state index is 0.227. The highest BCUT2D eigenvalue weighted by Gasteiger charge is 2.16. The highest BCUT2D eigenvalue weighted by molar-refractivity contribution is 5.06. The molecule has 3 nitrogen and oxygen atoms in total. The van der Waals surface area contributed by atoms with Crippen LogP contribution in [0.2, 0.25) is 0 Å². The number of rotatable bonds is 2. The molecule has 0 saturated heterocycles. The summed E-state index contributed by atoms with van der Waals surface area (Å²) >= 11 is 0. The summed E-state index contributed by atoms with van der Waals surface area (Å²) < 4.78 is 0. The molecule has 0 saturated carbocycles. The Kier molecular flexibility index (Phi) is 2.04. The van der Waals surface area contributed by atoms with E-state index >= 15 is 0 Å². The van der Waals surface area contributed by atoms with Crippen LogP contribution < -0.4 is 5.73 Å². The van der Waals surface area contributed by atoms with Gasteiger partial charge >= 0.3 is 0 Å². The molecule has 10 heavy (non-hydrogen) atoms. The van der Waals surface area contributed by atoms with E-state index in [1.807, 2.05) is 6.08 Å². The van der Waals surface area contributed by atoms with Crippen molar-refractivity contribution in [2.24, 2.45) is 21.9 Å². The van der Waals surface area contributed by atoms with Gasteiger partial charge in [0.15, 0.2) is 0 Å². The second kappa shape index (κ2) is 2.82. The Balaban J connectivity index is 2.53. The zero-order valence-corrected chi connectivity index (χ0v) is 6.41. The summed E-state index contributed by atoms with van der Waals surface area (Å²) in [6.07, 6.45) is 3.03. The lowest BCUT2D eigenvalue weighted by molar-refractivity contribution is 0.501. The molecule has 0 aliphatic carbocycles. The second-order valence-corrected chi connectivity index (χ2v) is 2.68. The Morgan fingerprint density at radius 2 is 2.50 bits per heavy atom. The monoisotopic (exact) mass is 139 g/mol. The molecule has 0 spiro atoms. The third-order valence-corrected chi connectivity index (χ3v) is 1.88. The second-order valence-electron chi connectivity index (χ2n) is 2.68. The average molecular weight is 139 g/mol. The van der Waals surface area contributed by atoms with E-state index in [-0.39, 0.29) is 6.04 Å². The van der Waals surface area contributed by atoms with Crippen molar-refractivity contribution in [2.45, 2.75) is 26.3 Å². The summed E-state index contributed by atoms with van der Waals surface area (Å²) in [4.78, 5) is 0. The molecule has 2 atom stereocenters. The molecule has 0 aromatic carbocycles. The van der Waals surface area contributed by atoms with E-state index in [1.165, 1.54) is 0 Å². The van der Waals surface area contributed by atoms with E-state index in [1.54, 1.807) is 0 Å². The Labute approximate surface area is 61.0 Å². The van der Waals surface area contributed by atoms with Gasteiger partial charge in [-0.05, 0) is 12.0 Å². The summed E-state index contributed by atoms with van der Waals surface area (Å²) in [6, 6.07) is 0.227. The maximum Gasteiger partial charge on any atom is 0.143 e. The van der Waals surface area contributed by atoms with E-state index in [9.17, 15) is 0 Å². The zero-order valence-electron chi connectivity index (χ0n) is 6.41. The highest BCUT2D eigenvalue weighted by Crippen LogP contribution is 2.18. The first-order chi connectivity index (χ1) is 4.74. The van der Waals surface area contributed by atoms with E-state index in [4.69, 9.17) is 5.73 Å². The van der Waals surface area contributed by atoms with Crippen molar-refractivity contribution >= 4 is 0 Å². The third-order valence-electron chi connectivity index (χ3n) is 1.88. The fourth-order valence-electron chi connectivity index (χ4n) is 0.895. The Morgan fingerprint density at radius 3 is 2.90 bits per heavy atom. The molecule has 1 aliphatic rings. The molecule has 0 amide bonds. The minimum atomic E-state index is 0.227. The third kappa shape index (κ3) is 1.35. The summed E-state index contributed by atoms with van der Waals surface area (Å²) in [5.41, 5.74) is 5.42. The number of hydrogen-bond acceptors (Lipinski definition) is 3. The molecule has 1 aliphatic heterocycles. The molecule has 0 radical (unpaired) electrons. The lowest BCUT2D eigenvalue weighted by atomic mass is 10.0. The Morgan fingerprint density at radius 1 is 1.80 bits per heavy atom. The number of nitrogens with zero attached hydrogens (tertiary/aromatic N) is 2. The van der Waals surface area contributed by atoms with Gasteiger partial charge in [-0.2, -0.15) is 5.11 Å². The van der Waals surface area contributed by atoms with Crippen LogP contribution in [0.15, 0.2) is 22.1 Å². The molecule has 1 rings (SSSR count). The molecule has 3 heteroatoms. The molecule has 1 heterocycles. The van der Waals surface area contributed by atoms with Gasteiger partial charge in [0.2, 0.25) is 0 Å². The largest absolute Gasteiger partial charge is 0.382 e. The van der Waals surface area contributed by atoms with E-state index in [0.29, 0.717) is 11.7 Å². The van der Waals surface area contributed by atoms with Gasteiger partial charge in [0.25, 0.3) is 0 Å². The fourth-order valence-corrected chi connectivity index (χ4v) is 0.895. The van der Waals surface area contributed by atoms with Crippen LogP contribution in [0.25, 0.3) is 0 Å². The van der Waals surface area contributed by atoms with E-state index in [2.05, 4.69) is 24.1 Å². The van der Waals surface area contributed by atoms with Crippen molar-refractivity contribution in [1.29, 1.82) is 0 Å². The quantitative estimate of drug-likeness (QED) is 0.621. The van der Waals surface area contributed by atoms with Crippen LogP contribution in [-0.4, -0.2) is 6.04 Å². The molecule has 0 aromatic rings. The number of hydrogen-bond donors (Lipinski definition) is 1. The van der Waals surface area contributed by atoms with Crippen LogP contribution in [0.4, 0.5) is 0 Å². The van der Waals surface area contributed by atoms with Gasteiger partial charge in [0.05, 0.1) is 6.04 Å². The SMILES string of the molecule is CCC(C)C1C=C(N)N=N1. The average Bonchev–Trinajstić information content (AvgIpc) is 2.34. The van der Waals surface area contributed by atoms with Crippen LogP contribution in [0.1, 0.15) is 20.3 Å². The van der Waals surface area contributed by atoms with Crippen LogP contribution in [0.5, 0.6) is 0 Å². The van der Waals surface area contributed by atoms with E-state index in [0.717, 1.165) is 6.42 Å². The molecule has 2 unspecified atom stereocenters. The first kappa shape index (κ1) is 7.25. The fraction of sp³-hybridized carbons (Fsp3) is 0.714. The van der Waals surface area contributed by atoms with Gasteiger partial charge in [-0.25, -0.2) is 0 Å². The molecule has 0 bridgehead atoms. The van der Waals surface area contributed by atoms with Gasteiger partial charge in [-0.1, -0.05) is 20.3 Å². The first-order valence-electron chi connectivity index (χ1n) is 3.62. The Hall–Kier alpha value is -0.860. The van der Waals surface area contributed by atoms with Crippen LogP contribution in [0.3, 0.4) is 0 Å². The lowest BCUT2D eigenvalue weighted by Crippen LogP contribution is -2.09. The van der Waals surface area contributed by atoms with Gasteiger partial charge in [-0.3, -0.25) is 0 Å². The van der Waals surface area contributed by atoms with Crippen molar-refractivity contribution in [1.82, 2.24) is 0 Å². The van der Waals surface area contributed by atoms with Crippen LogP contribution in [-0.2, 0) is 0 Å². The topological polar surface area (TPSA) is 50.7 Å². The molecule has 56 valence electrons. The summed E-state index contributed by atoms with van der Waals surface area (Å²) in [5.74, 6) is 1.12. The van der Waals surface area contributed by atoms with Gasteiger partial charge < -0.3 is 5.73 Å². The molecular formula is C7H13N3. The van der Waals surface area contributed by atoms with Crippen molar-refractivity contribution in [2.75, 3.05) is 0 Å². The van der Waals surface area contributed by atoms with Gasteiger partial charge in [0.1, 0.15) is 5.82 Å². The van der Waals surface area contributed by atoms with Gasteiger partial charge in [0, 0.05) is 0 Å². The predicted octanol–water partition coefficient (Wildman–Crippen LogP) is 1.67. The summed E-state index contributed by atoms with van der Waals surface area (Å²) in [5, 5.41) is 7.75. The van der Waals surface area contributed by atoms with Crippen molar-refractivity contribution in [3.63, 3.8) is 0 Å². The van der Waals surface area contributed by atoms with Crippen molar-refractivity contribution in [3.8, 4) is 0 Å². The molecular weight excluding hydrogens is 126 g/mol. The lowest BCUT2D eigenvalue weighted by Gasteiger charge is -2.09. The van der Waals surface area contributed by atoms with Gasteiger partial charge in [-0.15, -0.1) is 5.11 Å². The molecule has 2 N–H and O–H groups in total. The standard InChI is InChI=1S/C7H13N3/c1-3-5(2)6-4-7(8)10-9-6/h4-6H,3,8H2,1-2H3. The van der Waals surface area contributed by atoms with E-state index < -0.39 is 0 Å². The first-order valence-corrected chi connectivity index (χ1v) is 3.62. The zero-order chi connectivity index (χ0) is 7.56. The molecule has 0 fully saturated rings. The maximum absolute atomic E-state index is 5.42. The normalized spacial score (nSPS) is 26.6. The summed E-state index contributed by atoms with van der Waals surface area (Å²) in [7, 11) is 0. The number of azo groups is 1. The van der Waals surface area contributed by atoms with Crippen LogP contribution >= 0.6 is 0 Å². The number of nitrogens with two attached hydrogens (primary N) is 1. The highest BCUT2D eigenvalue weighted by atomic mass is 15.2. The summed E-state index contributed by atoms with van der Waals surface area (Å²) in [6.45, 7) is 4.29. The Bertz CT molecular complexity index is 172. The molecule has 0 aromatic heterocycles. The minimum Gasteiger partial charge on any atom is -0.382 e.